The van der Waals surface area contributed by atoms with Gasteiger partial charge < -0.3 is 4.57 Å². The van der Waals surface area contributed by atoms with Crippen LogP contribution in [0.15, 0.2) is 41.7 Å². The van der Waals surface area contributed by atoms with Crippen LogP contribution in [-0.2, 0) is 23.6 Å². The van der Waals surface area contributed by atoms with Gasteiger partial charge in [-0.2, -0.15) is 0 Å². The molecule has 1 aromatic heterocycles. The third kappa shape index (κ3) is 3.97. The smallest absolute Gasteiger partial charge is 0.261 e. The van der Waals surface area contributed by atoms with Crippen molar-refractivity contribution in [1.82, 2.24) is 19.2 Å². The second-order valence-electron chi connectivity index (χ2n) is 6.13. The quantitative estimate of drug-likeness (QED) is 0.876. The highest BCUT2D eigenvalue weighted by molar-refractivity contribution is 7.89. The third-order valence-corrected chi connectivity index (χ3v) is 6.17. The first-order valence-electron chi connectivity index (χ1n) is 7.91. The van der Waals surface area contributed by atoms with Gasteiger partial charge >= 0.3 is 0 Å². The van der Waals surface area contributed by atoms with Crippen molar-refractivity contribution in [3.63, 3.8) is 0 Å². The summed E-state index contributed by atoms with van der Waals surface area (Å²) in [5.74, 6) is 0. The van der Waals surface area contributed by atoms with Crippen molar-refractivity contribution >= 4 is 21.6 Å². The summed E-state index contributed by atoms with van der Waals surface area (Å²) in [6.07, 6.45) is 3.17. The zero-order valence-corrected chi connectivity index (χ0v) is 15.1. The summed E-state index contributed by atoms with van der Waals surface area (Å²) < 4.78 is 29.3. The second kappa shape index (κ2) is 7.23. The van der Waals surface area contributed by atoms with E-state index in [9.17, 15) is 8.42 Å². The summed E-state index contributed by atoms with van der Waals surface area (Å²) in [5, 5.41) is 0.0197. The van der Waals surface area contributed by atoms with E-state index in [4.69, 9.17) is 11.6 Å². The molecule has 2 heterocycles. The Morgan fingerprint density at radius 1 is 1.33 bits per heavy atom. The van der Waals surface area contributed by atoms with E-state index >= 15 is 0 Å². The molecule has 1 aromatic carbocycles. The lowest BCUT2D eigenvalue weighted by molar-refractivity contribution is 0.194. The summed E-state index contributed by atoms with van der Waals surface area (Å²) in [4.78, 5) is 6.18. The van der Waals surface area contributed by atoms with Gasteiger partial charge in [0, 0.05) is 26.2 Å². The number of aryl methyl sites for hydroxylation is 1. The van der Waals surface area contributed by atoms with E-state index in [1.54, 1.807) is 7.05 Å². The lowest BCUT2D eigenvalue weighted by Crippen LogP contribution is -2.47. The maximum absolute atomic E-state index is 12.5. The molecule has 0 aliphatic carbocycles. The number of benzene rings is 1. The topological polar surface area (TPSA) is 67.2 Å². The fraction of sp³-hybridized carbons (Fsp3) is 0.438. The average Bonchev–Trinajstić information content (AvgIpc) is 2.88. The SMILES string of the molecule is Cn1cnc(S(=O)(=O)NC2CCCN(Cc3ccccc3)C2)c1Cl. The number of aromatic nitrogens is 2. The van der Waals surface area contributed by atoms with Crippen molar-refractivity contribution < 1.29 is 8.42 Å². The number of likely N-dealkylation sites (tertiary alicyclic amines) is 1. The molecule has 24 heavy (non-hydrogen) atoms. The molecule has 2 aromatic rings. The van der Waals surface area contributed by atoms with Crippen LogP contribution in [0, 0.1) is 0 Å². The molecular weight excluding hydrogens is 348 g/mol. The Kier molecular flexibility index (Phi) is 5.24. The first kappa shape index (κ1) is 17.4. The van der Waals surface area contributed by atoms with Crippen LogP contribution in [0.1, 0.15) is 18.4 Å². The van der Waals surface area contributed by atoms with Gasteiger partial charge in [-0.3, -0.25) is 4.90 Å². The monoisotopic (exact) mass is 368 g/mol. The van der Waals surface area contributed by atoms with E-state index in [0.717, 1.165) is 25.9 Å². The van der Waals surface area contributed by atoms with Crippen molar-refractivity contribution in [3.05, 3.63) is 47.4 Å². The number of imidazole rings is 1. The highest BCUT2D eigenvalue weighted by Crippen LogP contribution is 2.20. The molecule has 0 amide bonds. The Hall–Kier alpha value is -1.41. The van der Waals surface area contributed by atoms with Crippen LogP contribution in [0.5, 0.6) is 0 Å². The zero-order chi connectivity index (χ0) is 17.2. The van der Waals surface area contributed by atoms with Gasteiger partial charge in [0.1, 0.15) is 5.15 Å². The molecule has 1 unspecified atom stereocenters. The summed E-state index contributed by atoms with van der Waals surface area (Å²) in [5.41, 5.74) is 1.23. The minimum atomic E-state index is -3.71. The molecule has 0 bridgehead atoms. The van der Waals surface area contributed by atoms with E-state index in [2.05, 4.69) is 26.7 Å². The summed E-state index contributed by atoms with van der Waals surface area (Å²) in [6, 6.07) is 10.1. The maximum Gasteiger partial charge on any atom is 0.261 e. The van der Waals surface area contributed by atoms with E-state index < -0.39 is 10.0 Å². The number of hydrogen-bond donors (Lipinski definition) is 1. The number of rotatable bonds is 5. The molecule has 1 fully saturated rings. The number of nitrogens with one attached hydrogen (secondary N) is 1. The van der Waals surface area contributed by atoms with E-state index in [1.807, 2.05) is 18.2 Å². The van der Waals surface area contributed by atoms with Crippen LogP contribution in [-0.4, -0.2) is 42.0 Å². The third-order valence-electron chi connectivity index (χ3n) is 4.17. The van der Waals surface area contributed by atoms with Gasteiger partial charge in [0.15, 0.2) is 0 Å². The first-order chi connectivity index (χ1) is 11.5. The molecule has 0 spiro atoms. The minimum absolute atomic E-state index is 0.105. The Morgan fingerprint density at radius 2 is 2.08 bits per heavy atom. The zero-order valence-electron chi connectivity index (χ0n) is 13.5. The Bertz CT molecular complexity index is 792. The van der Waals surface area contributed by atoms with Gasteiger partial charge in [0.05, 0.1) is 6.33 Å². The summed E-state index contributed by atoms with van der Waals surface area (Å²) in [7, 11) is -2.04. The van der Waals surface area contributed by atoms with Crippen molar-refractivity contribution in [1.29, 1.82) is 0 Å². The largest absolute Gasteiger partial charge is 0.324 e. The van der Waals surface area contributed by atoms with E-state index in [0.29, 0.717) is 6.54 Å². The van der Waals surface area contributed by atoms with Crippen molar-refractivity contribution in [2.75, 3.05) is 13.1 Å². The second-order valence-corrected chi connectivity index (χ2v) is 8.12. The van der Waals surface area contributed by atoms with Gasteiger partial charge in [-0.1, -0.05) is 41.9 Å². The lowest BCUT2D eigenvalue weighted by atomic mass is 10.1. The number of halogens is 1. The molecule has 1 aliphatic rings. The molecule has 1 atom stereocenters. The molecule has 1 aliphatic heterocycles. The standard InChI is InChI=1S/C16H21ClN4O2S/c1-20-12-18-16(15(20)17)24(22,23)19-14-8-5-9-21(11-14)10-13-6-3-2-4-7-13/h2-4,6-7,12,14,19H,5,8-11H2,1H3. The number of nitrogens with zero attached hydrogens (tertiary/aromatic N) is 3. The van der Waals surface area contributed by atoms with Crippen LogP contribution in [0.25, 0.3) is 0 Å². The predicted molar refractivity (Wildman–Crippen MR) is 93.3 cm³/mol. The molecule has 130 valence electrons. The van der Waals surface area contributed by atoms with Crippen LogP contribution < -0.4 is 4.72 Å². The van der Waals surface area contributed by atoms with Gasteiger partial charge in [-0.05, 0) is 24.9 Å². The first-order valence-corrected chi connectivity index (χ1v) is 9.77. The molecular formula is C16H21ClN4O2S. The average molecular weight is 369 g/mol. The van der Waals surface area contributed by atoms with Crippen molar-refractivity contribution in [3.8, 4) is 0 Å². The van der Waals surface area contributed by atoms with Gasteiger partial charge in [-0.15, -0.1) is 0 Å². The van der Waals surface area contributed by atoms with E-state index in [1.165, 1.54) is 16.5 Å². The van der Waals surface area contributed by atoms with Crippen LogP contribution >= 0.6 is 11.6 Å². The molecule has 1 saturated heterocycles. The van der Waals surface area contributed by atoms with Crippen LogP contribution in [0.4, 0.5) is 0 Å². The fourth-order valence-corrected chi connectivity index (χ4v) is 4.68. The normalized spacial score (nSPS) is 19.5. The van der Waals surface area contributed by atoms with Crippen LogP contribution in [0.2, 0.25) is 5.15 Å². The Balaban J connectivity index is 1.66. The van der Waals surface area contributed by atoms with Crippen LogP contribution in [0.3, 0.4) is 0 Å². The number of piperidine rings is 1. The van der Waals surface area contributed by atoms with Gasteiger partial charge in [0.25, 0.3) is 10.0 Å². The molecule has 1 N–H and O–H groups in total. The molecule has 6 nitrogen and oxygen atoms in total. The summed E-state index contributed by atoms with van der Waals surface area (Å²) in [6.45, 7) is 2.47. The molecule has 0 radical (unpaired) electrons. The maximum atomic E-state index is 12.5. The highest BCUT2D eigenvalue weighted by atomic mass is 35.5. The predicted octanol–water partition coefficient (Wildman–Crippen LogP) is 2.02. The molecule has 0 saturated carbocycles. The number of sulfonamides is 1. The highest BCUT2D eigenvalue weighted by Gasteiger charge is 2.28. The van der Waals surface area contributed by atoms with Gasteiger partial charge in [-0.25, -0.2) is 18.1 Å². The lowest BCUT2D eigenvalue weighted by Gasteiger charge is -2.32. The fourth-order valence-electron chi connectivity index (χ4n) is 2.99. The Labute approximate surface area is 147 Å². The van der Waals surface area contributed by atoms with Crippen molar-refractivity contribution in [2.24, 2.45) is 7.05 Å². The number of hydrogen-bond acceptors (Lipinski definition) is 4. The Morgan fingerprint density at radius 3 is 2.75 bits per heavy atom. The molecule has 8 heteroatoms. The summed E-state index contributed by atoms with van der Waals surface area (Å²) >= 11 is 6.02. The molecule has 3 rings (SSSR count). The minimum Gasteiger partial charge on any atom is -0.324 e. The van der Waals surface area contributed by atoms with Crippen molar-refractivity contribution in [2.45, 2.75) is 30.5 Å². The van der Waals surface area contributed by atoms with E-state index in [-0.39, 0.29) is 16.2 Å². The van der Waals surface area contributed by atoms with Gasteiger partial charge in [0.2, 0.25) is 5.03 Å².